The molecule has 0 fully saturated rings. The molecule has 31 heavy (non-hydrogen) atoms. The minimum Gasteiger partial charge on any atom is -0.456 e. The molecule has 0 saturated carbocycles. The third-order valence-electron chi connectivity index (χ3n) is 4.71. The Morgan fingerprint density at radius 1 is 0.935 bits per heavy atom. The van der Waals surface area contributed by atoms with E-state index >= 15 is 0 Å². The third kappa shape index (κ3) is 5.13. The molecule has 0 bridgehead atoms. The zero-order valence-corrected chi connectivity index (χ0v) is 17.4. The van der Waals surface area contributed by atoms with Crippen LogP contribution in [0.5, 0.6) is 0 Å². The molecule has 7 heteroatoms. The molecule has 2 amide bonds. The van der Waals surface area contributed by atoms with Crippen molar-refractivity contribution in [3.8, 4) is 11.1 Å². The molecule has 0 aliphatic carbocycles. The van der Waals surface area contributed by atoms with Crippen molar-refractivity contribution >= 4 is 40.9 Å². The van der Waals surface area contributed by atoms with Crippen LogP contribution in [0.15, 0.2) is 83.8 Å². The van der Waals surface area contributed by atoms with E-state index in [-0.39, 0.29) is 12.3 Å². The number of hydrogen-bond acceptors (Lipinski definition) is 5. The summed E-state index contributed by atoms with van der Waals surface area (Å²) in [6, 6.07) is 24.5. The molecule has 1 unspecified atom stereocenters. The minimum atomic E-state index is -0.599. The Kier molecular flexibility index (Phi) is 6.33. The van der Waals surface area contributed by atoms with Crippen LogP contribution in [0.3, 0.4) is 0 Å². The summed E-state index contributed by atoms with van der Waals surface area (Å²) in [5, 5.41) is 4.98. The highest BCUT2D eigenvalue weighted by Gasteiger charge is 2.29. The molecule has 1 atom stereocenters. The summed E-state index contributed by atoms with van der Waals surface area (Å²) in [7, 11) is 0. The number of carbonyl (C=O) groups excluding carboxylic acids is 3. The Balaban J connectivity index is 1.32. The molecular weight excluding hydrogens is 412 g/mol. The third-order valence-corrected chi connectivity index (χ3v) is 5.98. The molecule has 6 nitrogen and oxygen atoms in total. The van der Waals surface area contributed by atoms with Crippen molar-refractivity contribution in [3.05, 3.63) is 78.9 Å². The second kappa shape index (κ2) is 9.49. The summed E-state index contributed by atoms with van der Waals surface area (Å²) in [6.45, 7) is -0.419. The lowest BCUT2D eigenvalue weighted by Crippen LogP contribution is -2.32. The molecular formula is C24H20N2O4S. The number of fused-ring (bicyclic) bond motifs is 1. The number of amides is 2. The van der Waals surface area contributed by atoms with Crippen molar-refractivity contribution in [2.45, 2.75) is 16.6 Å². The van der Waals surface area contributed by atoms with Crippen LogP contribution in [0.1, 0.15) is 6.42 Å². The minimum absolute atomic E-state index is 0.112. The first-order chi connectivity index (χ1) is 15.1. The van der Waals surface area contributed by atoms with Crippen LogP contribution in [0.2, 0.25) is 0 Å². The van der Waals surface area contributed by atoms with Gasteiger partial charge in [-0.05, 0) is 23.8 Å². The molecule has 1 aliphatic rings. The molecule has 1 aliphatic heterocycles. The summed E-state index contributed by atoms with van der Waals surface area (Å²) in [6.07, 6.45) is -0.112. The standard InChI is InChI=1S/C24H20N2O4S/c27-22(25-18-11-5-4-10-17(18)16-8-2-1-3-9-16)15-30-23(28)14-21-24(29)26-19-12-6-7-13-20(19)31-21/h1-13,21H,14-15H2,(H,25,27)(H,26,29). The Bertz CT molecular complexity index is 1120. The highest BCUT2D eigenvalue weighted by molar-refractivity contribution is 8.01. The van der Waals surface area contributed by atoms with Crippen molar-refractivity contribution in [3.63, 3.8) is 0 Å². The van der Waals surface area contributed by atoms with E-state index in [1.165, 1.54) is 11.8 Å². The Morgan fingerprint density at radius 2 is 1.65 bits per heavy atom. The van der Waals surface area contributed by atoms with E-state index < -0.39 is 23.7 Å². The Morgan fingerprint density at radius 3 is 2.48 bits per heavy atom. The number of thioether (sulfide) groups is 1. The van der Waals surface area contributed by atoms with Gasteiger partial charge in [-0.1, -0.05) is 60.7 Å². The maximum Gasteiger partial charge on any atom is 0.307 e. The number of nitrogens with one attached hydrogen (secondary N) is 2. The highest BCUT2D eigenvalue weighted by Crippen LogP contribution is 2.36. The maximum absolute atomic E-state index is 12.3. The van der Waals surface area contributed by atoms with Crippen molar-refractivity contribution in [2.75, 3.05) is 17.2 Å². The fourth-order valence-corrected chi connectivity index (χ4v) is 4.33. The summed E-state index contributed by atoms with van der Waals surface area (Å²) in [5.74, 6) is -1.29. The number of carbonyl (C=O) groups is 3. The van der Waals surface area contributed by atoms with E-state index in [4.69, 9.17) is 4.74 Å². The fraction of sp³-hybridized carbons (Fsp3) is 0.125. The second-order valence-electron chi connectivity index (χ2n) is 6.92. The predicted molar refractivity (Wildman–Crippen MR) is 121 cm³/mol. The van der Waals surface area contributed by atoms with Gasteiger partial charge in [0.1, 0.15) is 0 Å². The van der Waals surface area contributed by atoms with E-state index in [9.17, 15) is 14.4 Å². The molecule has 3 aromatic carbocycles. The largest absolute Gasteiger partial charge is 0.456 e. The summed E-state index contributed by atoms with van der Waals surface area (Å²) < 4.78 is 5.12. The van der Waals surface area contributed by atoms with Gasteiger partial charge in [-0.2, -0.15) is 0 Å². The summed E-state index contributed by atoms with van der Waals surface area (Å²) >= 11 is 1.32. The van der Waals surface area contributed by atoms with Crippen molar-refractivity contribution in [1.82, 2.24) is 0 Å². The van der Waals surface area contributed by atoms with Crippen LogP contribution >= 0.6 is 11.8 Å². The van der Waals surface area contributed by atoms with Crippen LogP contribution in [0, 0.1) is 0 Å². The monoisotopic (exact) mass is 432 g/mol. The molecule has 0 radical (unpaired) electrons. The molecule has 0 saturated heterocycles. The van der Waals surface area contributed by atoms with Gasteiger partial charge in [-0.25, -0.2) is 0 Å². The first kappa shape index (κ1) is 20.7. The van der Waals surface area contributed by atoms with E-state index in [0.717, 1.165) is 21.7 Å². The molecule has 0 aromatic heterocycles. The fourth-order valence-electron chi connectivity index (χ4n) is 3.23. The number of rotatable bonds is 6. The number of esters is 1. The summed E-state index contributed by atoms with van der Waals surface area (Å²) in [5.41, 5.74) is 3.21. The van der Waals surface area contributed by atoms with Gasteiger partial charge in [0, 0.05) is 16.1 Å². The number of ether oxygens (including phenoxy) is 1. The lowest BCUT2D eigenvalue weighted by molar-refractivity contribution is -0.147. The van der Waals surface area contributed by atoms with E-state index in [2.05, 4.69) is 10.6 Å². The Labute approximate surface area is 184 Å². The SMILES string of the molecule is O=C(COC(=O)CC1Sc2ccccc2NC1=O)Nc1ccccc1-c1ccccc1. The number of para-hydroxylation sites is 2. The predicted octanol–water partition coefficient (Wildman–Crippen LogP) is 4.34. The average molecular weight is 433 g/mol. The smallest absolute Gasteiger partial charge is 0.307 e. The lowest BCUT2D eigenvalue weighted by Gasteiger charge is -2.23. The summed E-state index contributed by atoms with van der Waals surface area (Å²) in [4.78, 5) is 37.7. The first-order valence-corrected chi connectivity index (χ1v) is 10.6. The number of benzene rings is 3. The van der Waals surface area contributed by atoms with Crippen molar-refractivity contribution in [1.29, 1.82) is 0 Å². The number of anilines is 2. The number of hydrogen-bond donors (Lipinski definition) is 2. The van der Waals surface area contributed by atoms with Gasteiger partial charge >= 0.3 is 5.97 Å². The molecule has 3 aromatic rings. The highest BCUT2D eigenvalue weighted by atomic mass is 32.2. The second-order valence-corrected chi connectivity index (χ2v) is 8.16. The van der Waals surface area contributed by atoms with Gasteiger partial charge in [0.2, 0.25) is 5.91 Å². The zero-order valence-electron chi connectivity index (χ0n) is 16.5. The molecule has 0 spiro atoms. The molecule has 2 N–H and O–H groups in total. The van der Waals surface area contributed by atoms with Crippen LogP contribution in [-0.2, 0) is 19.1 Å². The normalized spacial score (nSPS) is 14.8. The lowest BCUT2D eigenvalue weighted by atomic mass is 10.0. The van der Waals surface area contributed by atoms with Gasteiger partial charge in [0.05, 0.1) is 17.4 Å². The van der Waals surface area contributed by atoms with Gasteiger partial charge < -0.3 is 15.4 Å². The Hall–Kier alpha value is -3.58. The van der Waals surface area contributed by atoms with Crippen LogP contribution < -0.4 is 10.6 Å². The van der Waals surface area contributed by atoms with E-state index in [0.29, 0.717) is 5.69 Å². The van der Waals surface area contributed by atoms with Crippen LogP contribution in [0.4, 0.5) is 11.4 Å². The van der Waals surface area contributed by atoms with Crippen LogP contribution in [0.25, 0.3) is 11.1 Å². The van der Waals surface area contributed by atoms with Gasteiger partial charge in [0.15, 0.2) is 6.61 Å². The van der Waals surface area contributed by atoms with Crippen molar-refractivity contribution in [2.24, 2.45) is 0 Å². The van der Waals surface area contributed by atoms with E-state index in [1.807, 2.05) is 72.8 Å². The molecule has 4 rings (SSSR count). The van der Waals surface area contributed by atoms with Gasteiger partial charge in [-0.15, -0.1) is 11.8 Å². The first-order valence-electron chi connectivity index (χ1n) is 9.76. The van der Waals surface area contributed by atoms with Gasteiger partial charge in [-0.3, -0.25) is 14.4 Å². The average Bonchev–Trinajstić information content (AvgIpc) is 2.79. The van der Waals surface area contributed by atoms with Gasteiger partial charge in [0.25, 0.3) is 5.91 Å². The molecule has 156 valence electrons. The topological polar surface area (TPSA) is 84.5 Å². The quantitative estimate of drug-likeness (QED) is 0.566. The zero-order chi connectivity index (χ0) is 21.6. The molecule has 1 heterocycles. The van der Waals surface area contributed by atoms with Crippen molar-refractivity contribution < 1.29 is 19.1 Å². The van der Waals surface area contributed by atoms with Crippen LogP contribution in [-0.4, -0.2) is 29.6 Å². The maximum atomic E-state index is 12.3. The van der Waals surface area contributed by atoms with E-state index in [1.54, 1.807) is 6.07 Å².